The summed E-state index contributed by atoms with van der Waals surface area (Å²) in [6.07, 6.45) is 1.02. The number of carbonyl (C=O) groups excluding carboxylic acids is 3. The van der Waals surface area contributed by atoms with Crippen molar-refractivity contribution >= 4 is 52.1 Å². The van der Waals surface area contributed by atoms with Crippen LogP contribution in [0.15, 0.2) is 35.7 Å². The summed E-state index contributed by atoms with van der Waals surface area (Å²) >= 11 is 3.37. The SMILES string of the molecule is CCc1ccccc1CC(=O)NC1C(=O)N2C(C(=O)OCCI)=C(O)CS[C@H]12. The molecule has 1 aromatic rings. The van der Waals surface area contributed by atoms with E-state index in [1.807, 2.05) is 31.2 Å². The summed E-state index contributed by atoms with van der Waals surface area (Å²) in [6, 6.07) is 6.99. The number of rotatable bonds is 7. The normalized spacial score (nSPS) is 21.1. The summed E-state index contributed by atoms with van der Waals surface area (Å²) < 4.78 is 5.68. The number of carbonyl (C=O) groups is 3. The van der Waals surface area contributed by atoms with Gasteiger partial charge in [0.25, 0.3) is 5.91 Å². The van der Waals surface area contributed by atoms with Gasteiger partial charge in [0.1, 0.15) is 23.8 Å². The molecule has 2 aliphatic heterocycles. The minimum absolute atomic E-state index is 0.111. The lowest BCUT2D eigenvalue weighted by molar-refractivity contribution is -0.153. The Morgan fingerprint density at radius 1 is 1.36 bits per heavy atom. The van der Waals surface area contributed by atoms with Gasteiger partial charge in [0, 0.05) is 4.43 Å². The maximum atomic E-state index is 12.6. The number of thioether (sulfide) groups is 1. The number of hydrogen-bond acceptors (Lipinski definition) is 6. The third kappa shape index (κ3) is 4.14. The van der Waals surface area contributed by atoms with Gasteiger partial charge in [-0.2, -0.15) is 0 Å². The van der Waals surface area contributed by atoms with Crippen LogP contribution in [-0.4, -0.2) is 56.0 Å². The molecule has 1 aromatic carbocycles. The van der Waals surface area contributed by atoms with E-state index in [1.54, 1.807) is 0 Å². The molecule has 1 fully saturated rings. The molecule has 0 bridgehead atoms. The zero-order chi connectivity index (χ0) is 20.3. The molecule has 0 saturated carbocycles. The van der Waals surface area contributed by atoms with Crippen LogP contribution < -0.4 is 5.32 Å². The highest BCUT2D eigenvalue weighted by molar-refractivity contribution is 14.1. The first-order chi connectivity index (χ1) is 13.5. The van der Waals surface area contributed by atoms with Crippen LogP contribution in [0.25, 0.3) is 0 Å². The van der Waals surface area contributed by atoms with E-state index in [0.29, 0.717) is 4.43 Å². The molecule has 2 heterocycles. The number of amides is 2. The Bertz CT molecular complexity index is 828. The fourth-order valence-electron chi connectivity index (χ4n) is 3.27. The lowest BCUT2D eigenvalue weighted by Crippen LogP contribution is -2.70. The van der Waals surface area contributed by atoms with Crippen LogP contribution in [-0.2, 0) is 32.0 Å². The van der Waals surface area contributed by atoms with E-state index in [-0.39, 0.29) is 36.1 Å². The van der Waals surface area contributed by atoms with Gasteiger partial charge in [-0.25, -0.2) is 4.79 Å². The average molecular weight is 516 g/mol. The van der Waals surface area contributed by atoms with Gasteiger partial charge in [-0.15, -0.1) is 11.8 Å². The second-order valence-corrected chi connectivity index (χ2v) is 8.56. The van der Waals surface area contributed by atoms with Crippen LogP contribution >= 0.6 is 34.4 Å². The molecule has 0 spiro atoms. The Balaban J connectivity index is 1.66. The number of alkyl halides is 1. The molecule has 0 aromatic heterocycles. The van der Waals surface area contributed by atoms with E-state index in [1.165, 1.54) is 16.7 Å². The first kappa shape index (κ1) is 21.0. The number of β-lactam (4-membered cyclic amide) rings is 1. The fourth-order valence-corrected chi connectivity index (χ4v) is 4.69. The summed E-state index contributed by atoms with van der Waals surface area (Å²) in [6.45, 7) is 2.23. The van der Waals surface area contributed by atoms with E-state index in [0.717, 1.165) is 17.5 Å². The smallest absolute Gasteiger partial charge is 0.358 e. The van der Waals surface area contributed by atoms with Gasteiger partial charge in [0.15, 0.2) is 5.70 Å². The van der Waals surface area contributed by atoms with E-state index in [2.05, 4.69) is 27.9 Å². The molecule has 2 atom stereocenters. The lowest BCUT2D eigenvalue weighted by Gasteiger charge is -2.48. The second-order valence-electron chi connectivity index (χ2n) is 6.37. The zero-order valence-corrected chi connectivity index (χ0v) is 18.3. The van der Waals surface area contributed by atoms with E-state index in [4.69, 9.17) is 4.74 Å². The highest BCUT2D eigenvalue weighted by atomic mass is 127. The molecule has 0 radical (unpaired) electrons. The van der Waals surface area contributed by atoms with Crippen LogP contribution in [0.5, 0.6) is 0 Å². The molecular weight excluding hydrogens is 495 g/mol. The molecule has 1 unspecified atom stereocenters. The van der Waals surface area contributed by atoms with Crippen LogP contribution in [0, 0.1) is 0 Å². The van der Waals surface area contributed by atoms with Gasteiger partial charge in [0.2, 0.25) is 5.91 Å². The molecule has 0 aliphatic carbocycles. The van der Waals surface area contributed by atoms with Gasteiger partial charge >= 0.3 is 5.97 Å². The van der Waals surface area contributed by atoms with Gasteiger partial charge in [-0.05, 0) is 17.5 Å². The molecule has 28 heavy (non-hydrogen) atoms. The number of fused-ring (bicyclic) bond motifs is 1. The number of nitrogens with zero attached hydrogens (tertiary/aromatic N) is 1. The van der Waals surface area contributed by atoms with Crippen molar-refractivity contribution in [2.75, 3.05) is 16.8 Å². The molecule has 1 saturated heterocycles. The van der Waals surface area contributed by atoms with Crippen molar-refractivity contribution in [1.29, 1.82) is 0 Å². The molecule has 2 amide bonds. The minimum Gasteiger partial charge on any atom is -0.509 e. The third-order valence-electron chi connectivity index (χ3n) is 4.62. The quantitative estimate of drug-likeness (QED) is 0.249. The largest absolute Gasteiger partial charge is 0.509 e. The summed E-state index contributed by atoms with van der Waals surface area (Å²) in [7, 11) is 0. The molecule has 7 nitrogen and oxygen atoms in total. The van der Waals surface area contributed by atoms with Crippen molar-refractivity contribution in [1.82, 2.24) is 10.2 Å². The van der Waals surface area contributed by atoms with E-state index >= 15 is 0 Å². The highest BCUT2D eigenvalue weighted by Gasteiger charge is 2.54. The Hall–Kier alpha value is -1.75. The summed E-state index contributed by atoms with van der Waals surface area (Å²) in [5.41, 5.74) is 1.92. The Labute approximate surface area is 181 Å². The van der Waals surface area contributed by atoms with Gasteiger partial charge in [-0.3, -0.25) is 14.5 Å². The zero-order valence-electron chi connectivity index (χ0n) is 15.3. The predicted molar refractivity (Wildman–Crippen MR) is 114 cm³/mol. The predicted octanol–water partition coefficient (Wildman–Crippen LogP) is 1.94. The molecular formula is C19H21IN2O5S. The van der Waals surface area contributed by atoms with Crippen LogP contribution in [0.1, 0.15) is 18.1 Å². The van der Waals surface area contributed by atoms with Crippen LogP contribution in [0.4, 0.5) is 0 Å². The number of ether oxygens (including phenoxy) is 1. The minimum atomic E-state index is -0.716. The molecule has 9 heteroatoms. The standard InChI is InChI=1S/C19H21IN2O5S/c1-2-11-5-3-4-6-12(11)9-14(24)21-15-17(25)22-16(19(26)27-8-7-20)13(23)10-28-18(15)22/h3-6,15,18,23H,2,7-10H2,1H3,(H,21,24)/t15?,18-/m1/s1. The lowest BCUT2D eigenvalue weighted by atomic mass is 10.0. The van der Waals surface area contributed by atoms with Crippen LogP contribution in [0.3, 0.4) is 0 Å². The van der Waals surface area contributed by atoms with Gasteiger partial charge < -0.3 is 15.2 Å². The Morgan fingerprint density at radius 2 is 2.07 bits per heavy atom. The fraction of sp³-hybridized carbons (Fsp3) is 0.421. The number of benzene rings is 1. The highest BCUT2D eigenvalue weighted by Crippen LogP contribution is 2.39. The number of aryl methyl sites for hydroxylation is 1. The first-order valence-electron chi connectivity index (χ1n) is 8.94. The number of hydrogen-bond donors (Lipinski definition) is 2. The van der Waals surface area contributed by atoms with Crippen molar-refractivity contribution in [2.24, 2.45) is 0 Å². The summed E-state index contributed by atoms with van der Waals surface area (Å²) in [5.74, 6) is -1.35. The summed E-state index contributed by atoms with van der Waals surface area (Å²) in [5, 5.41) is 12.4. The number of esters is 1. The average Bonchev–Trinajstić information content (AvgIpc) is 2.70. The monoisotopic (exact) mass is 516 g/mol. The van der Waals surface area contributed by atoms with Crippen molar-refractivity contribution in [3.63, 3.8) is 0 Å². The Morgan fingerprint density at radius 3 is 2.75 bits per heavy atom. The van der Waals surface area contributed by atoms with E-state index in [9.17, 15) is 19.5 Å². The van der Waals surface area contributed by atoms with Gasteiger partial charge in [-0.1, -0.05) is 53.8 Å². The van der Waals surface area contributed by atoms with Crippen molar-refractivity contribution < 1.29 is 24.2 Å². The Kier molecular flexibility index (Phi) is 6.86. The second kappa shape index (κ2) is 9.17. The van der Waals surface area contributed by atoms with E-state index < -0.39 is 23.3 Å². The molecule has 2 aliphatic rings. The van der Waals surface area contributed by atoms with Gasteiger partial charge in [0.05, 0.1) is 12.2 Å². The summed E-state index contributed by atoms with van der Waals surface area (Å²) in [4.78, 5) is 38.5. The van der Waals surface area contributed by atoms with Crippen molar-refractivity contribution in [2.45, 2.75) is 31.2 Å². The maximum absolute atomic E-state index is 12.6. The topological polar surface area (TPSA) is 95.9 Å². The van der Waals surface area contributed by atoms with Crippen molar-refractivity contribution in [3.8, 4) is 0 Å². The van der Waals surface area contributed by atoms with Crippen LogP contribution in [0.2, 0.25) is 0 Å². The number of nitrogens with one attached hydrogen (secondary N) is 1. The third-order valence-corrected chi connectivity index (χ3v) is 6.32. The maximum Gasteiger partial charge on any atom is 0.358 e. The number of aliphatic hydroxyl groups excluding tert-OH is 1. The number of aliphatic hydroxyl groups is 1. The first-order valence-corrected chi connectivity index (χ1v) is 11.5. The molecule has 3 rings (SSSR count). The molecule has 150 valence electrons. The van der Waals surface area contributed by atoms with Crippen molar-refractivity contribution in [3.05, 3.63) is 46.8 Å². The number of halogens is 1. The molecule has 2 N–H and O–H groups in total.